The molecule has 0 aromatic heterocycles. The van der Waals surface area contributed by atoms with Gasteiger partial charge in [-0.05, 0) is 37.1 Å². The van der Waals surface area contributed by atoms with Crippen LogP contribution in [0.3, 0.4) is 0 Å². The number of esters is 1. The molecule has 0 spiro atoms. The van der Waals surface area contributed by atoms with Crippen LogP contribution in [0.2, 0.25) is 20.1 Å². The number of nitrogens with one attached hydrogen (secondary N) is 1. The van der Waals surface area contributed by atoms with Crippen LogP contribution < -0.4 is 5.32 Å². The molecule has 7 nitrogen and oxygen atoms in total. The van der Waals surface area contributed by atoms with E-state index < -0.39 is 36.3 Å². The molecular weight excluding hydrogens is 606 g/mol. The largest absolute Gasteiger partial charge is 0.454 e. The summed E-state index contributed by atoms with van der Waals surface area (Å²) in [5, 5.41) is 1.84. The third-order valence-electron chi connectivity index (χ3n) is 5.36. The van der Waals surface area contributed by atoms with Crippen molar-refractivity contribution in [2.24, 2.45) is 0 Å². The number of hydrogen-bond donors (Lipinski definition) is 1. The van der Waals surface area contributed by atoms with Gasteiger partial charge < -0.3 is 10.1 Å². The monoisotopic (exact) mass is 622 g/mol. The Morgan fingerprint density at radius 2 is 1.60 bits per heavy atom. The van der Waals surface area contributed by atoms with Gasteiger partial charge in [-0.15, -0.1) is 0 Å². The number of carbonyl (C=O) groups excluding carboxylic acids is 4. The van der Waals surface area contributed by atoms with Gasteiger partial charge in [0, 0.05) is 10.2 Å². The minimum Gasteiger partial charge on any atom is -0.454 e. The molecule has 3 rings (SSSR count). The summed E-state index contributed by atoms with van der Waals surface area (Å²) in [4.78, 5) is 52.4. The normalized spacial score (nSPS) is 13.6. The summed E-state index contributed by atoms with van der Waals surface area (Å²) in [5.74, 6) is -3.18. The van der Waals surface area contributed by atoms with Crippen LogP contribution in [0.15, 0.2) is 22.7 Å². The van der Waals surface area contributed by atoms with Gasteiger partial charge in [-0.1, -0.05) is 82.1 Å². The molecule has 0 saturated heterocycles. The Labute approximate surface area is 230 Å². The number of halogens is 5. The Balaban J connectivity index is 1.81. The summed E-state index contributed by atoms with van der Waals surface area (Å²) in [6.07, 6.45) is 1.29. The zero-order chi connectivity index (χ0) is 26.0. The molecule has 2 aromatic carbocycles. The molecule has 3 amide bonds. The smallest absolute Gasteiger partial charge is 0.329 e. The van der Waals surface area contributed by atoms with Crippen molar-refractivity contribution in [3.63, 3.8) is 0 Å². The Bertz CT molecular complexity index is 1190. The van der Waals surface area contributed by atoms with Crippen LogP contribution in [0.25, 0.3) is 0 Å². The van der Waals surface area contributed by atoms with E-state index in [-0.39, 0.29) is 37.6 Å². The summed E-state index contributed by atoms with van der Waals surface area (Å²) in [6.45, 7) is 3.08. The van der Waals surface area contributed by atoms with E-state index in [1.807, 2.05) is 19.9 Å². The predicted molar refractivity (Wildman–Crippen MR) is 139 cm³/mol. The zero-order valence-electron chi connectivity index (χ0n) is 18.5. The van der Waals surface area contributed by atoms with Crippen LogP contribution in [0.1, 0.15) is 52.5 Å². The summed E-state index contributed by atoms with van der Waals surface area (Å²) >= 11 is 27.8. The first-order chi connectivity index (χ1) is 16.5. The first-order valence-corrected chi connectivity index (χ1v) is 12.8. The number of benzene rings is 2. The Kier molecular flexibility index (Phi) is 9.10. The van der Waals surface area contributed by atoms with Crippen LogP contribution >= 0.6 is 62.3 Å². The lowest BCUT2D eigenvalue weighted by atomic mass is 10.1. The van der Waals surface area contributed by atoms with Crippen molar-refractivity contribution >= 4 is 91.7 Å². The molecule has 186 valence electrons. The first kappa shape index (κ1) is 27.7. The lowest BCUT2D eigenvalue weighted by Crippen LogP contribution is -2.46. The number of anilines is 1. The number of hydrogen-bond acceptors (Lipinski definition) is 5. The molecule has 12 heteroatoms. The van der Waals surface area contributed by atoms with E-state index in [0.29, 0.717) is 18.5 Å². The fourth-order valence-corrected chi connectivity index (χ4v) is 5.08. The highest BCUT2D eigenvalue weighted by molar-refractivity contribution is 9.10. The molecule has 1 aliphatic heterocycles. The number of nitrogens with zero attached hydrogens (tertiary/aromatic N) is 1. The van der Waals surface area contributed by atoms with Crippen LogP contribution in [-0.4, -0.2) is 41.2 Å². The Hall–Kier alpha value is -1.84. The maximum atomic E-state index is 13.2. The number of rotatable bonds is 8. The molecule has 1 heterocycles. The number of imide groups is 1. The second-order valence-electron chi connectivity index (χ2n) is 7.76. The highest BCUT2D eigenvalue weighted by Crippen LogP contribution is 2.45. The second-order valence-corrected chi connectivity index (χ2v) is 10.2. The molecule has 1 N–H and O–H groups in total. The third-order valence-corrected chi connectivity index (χ3v) is 7.65. The van der Waals surface area contributed by atoms with Crippen molar-refractivity contribution in [1.29, 1.82) is 0 Å². The SMILES string of the molecule is CCCC[C@H](C(=O)OCC(=O)Nc1ccc(Br)cc1C)N1C(=O)c2c(Cl)c(Cl)c(Cl)c(Cl)c2C1=O. The predicted octanol–water partition coefficient (Wildman–Crippen LogP) is 6.71. The van der Waals surface area contributed by atoms with E-state index in [4.69, 9.17) is 51.1 Å². The average Bonchev–Trinajstić information content (AvgIpc) is 3.07. The summed E-state index contributed by atoms with van der Waals surface area (Å²) in [7, 11) is 0. The Morgan fingerprint density at radius 3 is 2.11 bits per heavy atom. The first-order valence-electron chi connectivity index (χ1n) is 10.5. The second kappa shape index (κ2) is 11.5. The van der Waals surface area contributed by atoms with E-state index in [0.717, 1.165) is 14.9 Å². The van der Waals surface area contributed by atoms with Crippen molar-refractivity contribution in [2.75, 3.05) is 11.9 Å². The number of aryl methyl sites for hydroxylation is 1. The van der Waals surface area contributed by atoms with Crippen molar-refractivity contribution in [3.8, 4) is 0 Å². The quantitative estimate of drug-likeness (QED) is 0.153. The van der Waals surface area contributed by atoms with Crippen LogP contribution in [0.5, 0.6) is 0 Å². The van der Waals surface area contributed by atoms with Gasteiger partial charge in [0.2, 0.25) is 0 Å². The summed E-state index contributed by atoms with van der Waals surface area (Å²) in [5.41, 5.74) is 0.898. The van der Waals surface area contributed by atoms with E-state index >= 15 is 0 Å². The number of carbonyl (C=O) groups is 4. The number of ether oxygens (including phenoxy) is 1. The fraction of sp³-hybridized carbons (Fsp3) is 0.304. The van der Waals surface area contributed by atoms with Crippen molar-refractivity contribution in [3.05, 3.63) is 59.5 Å². The molecule has 0 radical (unpaired) electrons. The van der Waals surface area contributed by atoms with Gasteiger partial charge in [0.1, 0.15) is 6.04 Å². The minimum absolute atomic E-state index is 0.116. The molecule has 1 atom stereocenters. The maximum absolute atomic E-state index is 13.2. The van der Waals surface area contributed by atoms with Gasteiger partial charge in [-0.25, -0.2) is 4.79 Å². The topological polar surface area (TPSA) is 92.8 Å². The van der Waals surface area contributed by atoms with Crippen LogP contribution in [0, 0.1) is 6.92 Å². The Morgan fingerprint density at radius 1 is 1.03 bits per heavy atom. The van der Waals surface area contributed by atoms with E-state index in [2.05, 4.69) is 21.2 Å². The fourth-order valence-electron chi connectivity index (χ4n) is 3.59. The van der Waals surface area contributed by atoms with Crippen molar-refractivity contribution in [1.82, 2.24) is 4.90 Å². The average molecular weight is 625 g/mol. The van der Waals surface area contributed by atoms with E-state index in [9.17, 15) is 19.2 Å². The standard InChI is InChI=1S/C23H19BrCl4N2O5/c1-3-4-5-13(23(34)35-9-14(31)29-12-7-6-11(24)8-10(12)2)30-21(32)15-16(22(30)33)18(26)20(28)19(27)17(15)25/h6-8,13H,3-5,9H2,1-2H3,(H,29,31)/t13-/m1/s1. The molecule has 1 aliphatic rings. The van der Waals surface area contributed by atoms with Gasteiger partial charge in [0.25, 0.3) is 17.7 Å². The van der Waals surface area contributed by atoms with Crippen molar-refractivity contribution in [2.45, 2.75) is 39.2 Å². The van der Waals surface area contributed by atoms with Gasteiger partial charge >= 0.3 is 5.97 Å². The highest BCUT2D eigenvalue weighted by atomic mass is 79.9. The van der Waals surface area contributed by atoms with Crippen molar-refractivity contribution < 1.29 is 23.9 Å². The van der Waals surface area contributed by atoms with Gasteiger partial charge in [0.05, 0.1) is 31.2 Å². The number of unbranched alkanes of at least 4 members (excludes halogenated alkanes) is 1. The highest BCUT2D eigenvalue weighted by Gasteiger charge is 2.47. The molecule has 0 unspecified atom stereocenters. The molecule has 0 saturated carbocycles. The van der Waals surface area contributed by atoms with E-state index in [1.54, 1.807) is 12.1 Å². The summed E-state index contributed by atoms with van der Waals surface area (Å²) in [6, 6.07) is 3.98. The molecule has 0 aliphatic carbocycles. The van der Waals surface area contributed by atoms with Crippen LogP contribution in [0.4, 0.5) is 5.69 Å². The maximum Gasteiger partial charge on any atom is 0.329 e. The molecule has 2 aromatic rings. The number of amides is 3. The van der Waals surface area contributed by atoms with Gasteiger partial charge in [0.15, 0.2) is 6.61 Å². The molecular formula is C23H19BrCl4N2O5. The molecule has 0 bridgehead atoms. The molecule has 0 fully saturated rings. The van der Waals surface area contributed by atoms with Gasteiger partial charge in [-0.3, -0.25) is 19.3 Å². The lowest BCUT2D eigenvalue weighted by Gasteiger charge is -2.24. The third kappa shape index (κ3) is 5.62. The molecule has 35 heavy (non-hydrogen) atoms. The van der Waals surface area contributed by atoms with Crippen LogP contribution in [-0.2, 0) is 14.3 Å². The zero-order valence-corrected chi connectivity index (χ0v) is 23.1. The van der Waals surface area contributed by atoms with E-state index in [1.165, 1.54) is 0 Å². The minimum atomic E-state index is -1.30. The van der Waals surface area contributed by atoms with Gasteiger partial charge in [-0.2, -0.15) is 0 Å². The lowest BCUT2D eigenvalue weighted by molar-refractivity contribution is -0.151. The number of fused-ring (bicyclic) bond motifs is 1. The summed E-state index contributed by atoms with van der Waals surface area (Å²) < 4.78 is 6.04.